The van der Waals surface area contributed by atoms with E-state index in [1.54, 1.807) is 0 Å². The Hall–Kier alpha value is -2.23. The fourth-order valence-corrected chi connectivity index (χ4v) is 3.87. The molecule has 1 aliphatic heterocycles. The van der Waals surface area contributed by atoms with Crippen molar-refractivity contribution >= 4 is 22.6 Å². The maximum absolute atomic E-state index is 12.3. The van der Waals surface area contributed by atoms with Crippen molar-refractivity contribution in [2.45, 2.75) is 51.5 Å². The largest absolute Gasteiger partial charge is 0.440 e. The number of para-hydroxylation sites is 2. The van der Waals surface area contributed by atoms with Crippen molar-refractivity contribution in [2.24, 2.45) is 4.99 Å². The van der Waals surface area contributed by atoms with Crippen molar-refractivity contribution in [1.82, 2.24) is 4.98 Å². The zero-order valence-electron chi connectivity index (χ0n) is 13.6. The van der Waals surface area contributed by atoms with Crippen LogP contribution in [-0.4, -0.2) is 22.0 Å². The maximum atomic E-state index is 12.3. The van der Waals surface area contributed by atoms with Gasteiger partial charge in [-0.2, -0.15) is 0 Å². The lowest BCUT2D eigenvalue weighted by molar-refractivity contribution is -0.116. The molecular weight excluding hydrogens is 288 g/mol. The Kier molecular flexibility index (Phi) is 3.22. The van der Waals surface area contributed by atoms with E-state index in [1.807, 2.05) is 38.1 Å². The van der Waals surface area contributed by atoms with E-state index in [0.29, 0.717) is 18.7 Å². The van der Waals surface area contributed by atoms with E-state index >= 15 is 0 Å². The molecule has 0 atom stereocenters. The number of Topliss-reactive ketones (excluding diaryl/α,β-unsaturated/α-hetero) is 1. The lowest BCUT2D eigenvalue weighted by Crippen LogP contribution is -2.35. The number of benzene rings is 1. The quantitative estimate of drug-likeness (QED) is 0.841. The van der Waals surface area contributed by atoms with Crippen LogP contribution in [0.3, 0.4) is 0 Å². The number of ketones is 1. The topological polar surface area (TPSA) is 55.5 Å². The molecule has 1 aliphatic carbocycles. The van der Waals surface area contributed by atoms with Gasteiger partial charge < -0.3 is 4.42 Å². The van der Waals surface area contributed by atoms with Crippen LogP contribution in [0, 0.1) is 0 Å². The van der Waals surface area contributed by atoms with Crippen LogP contribution in [0.1, 0.15) is 45.4 Å². The van der Waals surface area contributed by atoms with Gasteiger partial charge in [0.1, 0.15) is 5.52 Å². The summed E-state index contributed by atoms with van der Waals surface area (Å²) in [6.07, 6.45) is 4.03. The molecule has 0 saturated carbocycles. The van der Waals surface area contributed by atoms with Gasteiger partial charge >= 0.3 is 0 Å². The summed E-state index contributed by atoms with van der Waals surface area (Å²) < 4.78 is 5.82. The Morgan fingerprint density at radius 3 is 2.87 bits per heavy atom. The molecule has 0 radical (unpaired) electrons. The number of aromatic nitrogens is 1. The Morgan fingerprint density at radius 1 is 1.22 bits per heavy atom. The summed E-state index contributed by atoms with van der Waals surface area (Å²) in [6, 6.07) is 7.79. The molecule has 1 aromatic heterocycles. The van der Waals surface area contributed by atoms with E-state index in [0.717, 1.165) is 41.6 Å². The predicted octanol–water partition coefficient (Wildman–Crippen LogP) is 4.04. The van der Waals surface area contributed by atoms with Crippen molar-refractivity contribution in [2.75, 3.05) is 0 Å². The average Bonchev–Trinajstić information content (AvgIpc) is 2.88. The minimum absolute atomic E-state index is 0.279. The Morgan fingerprint density at radius 2 is 2.04 bits per heavy atom. The number of carbonyl (C=O) groups is 1. The summed E-state index contributed by atoms with van der Waals surface area (Å²) >= 11 is 0. The fraction of sp³-hybridized carbons (Fsp3) is 0.421. The highest BCUT2D eigenvalue weighted by molar-refractivity contribution is 6.03. The monoisotopic (exact) mass is 308 g/mol. The van der Waals surface area contributed by atoms with Crippen molar-refractivity contribution < 1.29 is 9.21 Å². The second-order valence-corrected chi connectivity index (χ2v) is 6.92. The van der Waals surface area contributed by atoms with Gasteiger partial charge in [0.25, 0.3) is 0 Å². The summed E-state index contributed by atoms with van der Waals surface area (Å²) in [5.41, 5.74) is 4.55. The highest BCUT2D eigenvalue weighted by Crippen LogP contribution is 2.38. The first kappa shape index (κ1) is 14.4. The second kappa shape index (κ2) is 5.15. The third-order valence-electron chi connectivity index (χ3n) is 4.68. The van der Waals surface area contributed by atoms with E-state index in [2.05, 4.69) is 4.98 Å². The zero-order chi connectivity index (χ0) is 16.0. The van der Waals surface area contributed by atoms with E-state index in [-0.39, 0.29) is 5.78 Å². The van der Waals surface area contributed by atoms with E-state index in [9.17, 15) is 4.79 Å². The number of carbonyl (C=O) groups excluding carboxylic acids is 1. The first-order chi connectivity index (χ1) is 11.0. The number of fused-ring (bicyclic) bond motifs is 1. The summed E-state index contributed by atoms with van der Waals surface area (Å²) in [7, 11) is 0. The van der Waals surface area contributed by atoms with Crippen LogP contribution in [0.2, 0.25) is 0 Å². The van der Waals surface area contributed by atoms with Crippen LogP contribution in [0.25, 0.3) is 11.1 Å². The summed E-state index contributed by atoms with van der Waals surface area (Å²) in [5, 5.41) is 0. The van der Waals surface area contributed by atoms with Crippen LogP contribution in [-0.2, 0) is 11.2 Å². The highest BCUT2D eigenvalue weighted by atomic mass is 16.3. The van der Waals surface area contributed by atoms with Crippen LogP contribution < -0.4 is 0 Å². The minimum atomic E-state index is -0.424. The molecule has 4 nitrogen and oxygen atoms in total. The second-order valence-electron chi connectivity index (χ2n) is 6.92. The van der Waals surface area contributed by atoms with E-state index < -0.39 is 5.54 Å². The van der Waals surface area contributed by atoms with Crippen LogP contribution in [0.4, 0.5) is 0 Å². The molecular formula is C19H20N2O2. The molecule has 2 aliphatic rings. The van der Waals surface area contributed by atoms with Gasteiger partial charge in [0.2, 0.25) is 5.89 Å². The fourth-order valence-electron chi connectivity index (χ4n) is 3.87. The molecule has 0 amide bonds. The van der Waals surface area contributed by atoms with Gasteiger partial charge in [-0.25, -0.2) is 4.98 Å². The Balaban J connectivity index is 1.64. The first-order valence-corrected chi connectivity index (χ1v) is 8.21. The normalized spacial score (nSPS) is 20.6. The third-order valence-corrected chi connectivity index (χ3v) is 4.68. The number of hydrogen-bond donors (Lipinski definition) is 0. The third kappa shape index (κ3) is 2.52. The molecule has 0 saturated heterocycles. The van der Waals surface area contributed by atoms with Gasteiger partial charge in [-0.05, 0) is 38.8 Å². The number of dihydropyridines is 1. The molecule has 0 bridgehead atoms. The van der Waals surface area contributed by atoms with E-state index in [4.69, 9.17) is 9.41 Å². The summed E-state index contributed by atoms with van der Waals surface area (Å²) in [4.78, 5) is 21.7. The molecule has 2 heterocycles. The minimum Gasteiger partial charge on any atom is -0.440 e. The SMILES string of the molecule is CC1(C)N=C(Cc2nc3ccccc3o2)CC2=C1C(=O)CCC2. The van der Waals surface area contributed by atoms with Crippen molar-refractivity contribution in [1.29, 1.82) is 0 Å². The predicted molar refractivity (Wildman–Crippen MR) is 89.7 cm³/mol. The van der Waals surface area contributed by atoms with Crippen LogP contribution >= 0.6 is 0 Å². The Labute approximate surface area is 135 Å². The molecule has 0 fully saturated rings. The standard InChI is InChI=1S/C19H20N2O2/c1-19(2)18-12(6-5-8-15(18)22)10-13(21-19)11-17-20-14-7-3-4-9-16(14)23-17/h3-4,7,9H,5-6,8,10-11H2,1-2H3. The molecule has 23 heavy (non-hydrogen) atoms. The smallest absolute Gasteiger partial charge is 0.201 e. The molecule has 118 valence electrons. The number of nitrogens with zero attached hydrogens (tertiary/aromatic N) is 2. The Bertz CT molecular complexity index is 822. The van der Waals surface area contributed by atoms with Gasteiger partial charge in [-0.1, -0.05) is 17.7 Å². The summed E-state index contributed by atoms with van der Waals surface area (Å²) in [6.45, 7) is 4.08. The lowest BCUT2D eigenvalue weighted by Gasteiger charge is -2.34. The number of hydrogen-bond acceptors (Lipinski definition) is 4. The molecule has 4 rings (SSSR count). The van der Waals surface area contributed by atoms with Crippen molar-refractivity contribution in [3.63, 3.8) is 0 Å². The van der Waals surface area contributed by atoms with Crippen molar-refractivity contribution in [3.05, 3.63) is 41.3 Å². The van der Waals surface area contributed by atoms with Crippen LogP contribution in [0.5, 0.6) is 0 Å². The van der Waals surface area contributed by atoms with Gasteiger partial charge in [0.05, 0.1) is 12.0 Å². The molecule has 0 spiro atoms. The molecule has 1 aromatic carbocycles. The molecule has 0 N–H and O–H groups in total. The first-order valence-electron chi connectivity index (χ1n) is 8.21. The van der Waals surface area contributed by atoms with Gasteiger partial charge in [0.15, 0.2) is 11.4 Å². The maximum Gasteiger partial charge on any atom is 0.201 e. The van der Waals surface area contributed by atoms with E-state index in [1.165, 1.54) is 5.57 Å². The number of oxazole rings is 1. The lowest BCUT2D eigenvalue weighted by atomic mass is 9.76. The zero-order valence-corrected chi connectivity index (χ0v) is 13.6. The van der Waals surface area contributed by atoms with Gasteiger partial charge in [-0.3, -0.25) is 9.79 Å². The number of allylic oxidation sites excluding steroid dienone is 1. The summed E-state index contributed by atoms with van der Waals surface area (Å²) in [5.74, 6) is 0.979. The van der Waals surface area contributed by atoms with Gasteiger partial charge in [0, 0.05) is 24.1 Å². The van der Waals surface area contributed by atoms with Crippen LogP contribution in [0.15, 0.2) is 44.8 Å². The molecule has 2 aromatic rings. The number of aliphatic imine (C=N–C) groups is 1. The number of rotatable bonds is 2. The van der Waals surface area contributed by atoms with Gasteiger partial charge in [-0.15, -0.1) is 0 Å². The highest BCUT2D eigenvalue weighted by Gasteiger charge is 2.36. The molecule has 0 unspecified atom stereocenters. The van der Waals surface area contributed by atoms with Crippen molar-refractivity contribution in [3.8, 4) is 0 Å². The molecule has 4 heteroatoms. The average molecular weight is 308 g/mol.